The first-order valence-electron chi connectivity index (χ1n) is 13.2. The number of benzene rings is 1. The fraction of sp³-hybridized carbons (Fsp3) is 0.333. The number of amides is 1. The van der Waals surface area contributed by atoms with Crippen molar-refractivity contribution in [2.45, 2.75) is 39.5 Å². The molecule has 0 bridgehead atoms. The molecule has 2 N–H and O–H groups in total. The highest BCUT2D eigenvalue weighted by atomic mass is 35.5. The maximum atomic E-state index is 13.3. The van der Waals surface area contributed by atoms with Gasteiger partial charge < -0.3 is 15.5 Å². The van der Waals surface area contributed by atoms with Crippen LogP contribution in [0.2, 0.25) is 5.02 Å². The summed E-state index contributed by atoms with van der Waals surface area (Å²) in [6.07, 6.45) is 15.1. The van der Waals surface area contributed by atoms with Crippen LogP contribution in [0.15, 0.2) is 67.2 Å². The molecule has 3 aromatic rings. The Balaban J connectivity index is 1.37. The molecule has 0 atom stereocenters. The summed E-state index contributed by atoms with van der Waals surface area (Å²) in [5.41, 5.74) is 5.05. The molecule has 0 radical (unpaired) electrons. The van der Waals surface area contributed by atoms with Crippen molar-refractivity contribution in [1.29, 1.82) is 0 Å². The lowest BCUT2D eigenvalue weighted by molar-refractivity contribution is -0.126. The van der Waals surface area contributed by atoms with E-state index in [1.54, 1.807) is 18.6 Å². The van der Waals surface area contributed by atoms with Gasteiger partial charge in [0, 0.05) is 12.1 Å². The van der Waals surface area contributed by atoms with Crippen LogP contribution in [0.4, 0.5) is 17.3 Å². The zero-order chi connectivity index (χ0) is 26.5. The molecular weight excluding hydrogens is 496 g/mol. The third-order valence-electron chi connectivity index (χ3n) is 7.42. The van der Waals surface area contributed by atoms with Crippen LogP contribution in [0.25, 0.3) is 16.8 Å². The van der Waals surface area contributed by atoms with Gasteiger partial charge in [0.15, 0.2) is 0 Å². The van der Waals surface area contributed by atoms with Gasteiger partial charge in [-0.15, -0.1) is 0 Å². The maximum absolute atomic E-state index is 13.3. The molecule has 196 valence electrons. The molecule has 2 aromatic heterocycles. The van der Waals surface area contributed by atoms with E-state index in [2.05, 4.69) is 57.9 Å². The minimum Gasteiger partial charge on any atom is -0.323 e. The molecule has 38 heavy (non-hydrogen) atoms. The average Bonchev–Trinajstić information content (AvgIpc) is 3.25. The maximum Gasteiger partial charge on any atom is 0.233 e. The smallest absolute Gasteiger partial charge is 0.233 e. The van der Waals surface area contributed by atoms with E-state index in [0.717, 1.165) is 61.2 Å². The first-order chi connectivity index (χ1) is 18.5. The zero-order valence-corrected chi connectivity index (χ0v) is 22.6. The Morgan fingerprint density at radius 3 is 2.82 bits per heavy atom. The predicted octanol–water partition coefficient (Wildman–Crippen LogP) is 6.41. The summed E-state index contributed by atoms with van der Waals surface area (Å²) < 4.78 is 0. The fourth-order valence-corrected chi connectivity index (χ4v) is 5.49. The molecule has 5 rings (SSSR count). The summed E-state index contributed by atoms with van der Waals surface area (Å²) in [4.78, 5) is 28.7. The van der Waals surface area contributed by atoms with Gasteiger partial charge in [-0.1, -0.05) is 55.0 Å². The highest BCUT2D eigenvalue weighted by Gasteiger charge is 2.47. The van der Waals surface area contributed by atoms with E-state index in [9.17, 15) is 4.79 Å². The monoisotopic (exact) mass is 528 g/mol. The van der Waals surface area contributed by atoms with Crippen molar-refractivity contribution in [2.24, 2.45) is 5.41 Å². The van der Waals surface area contributed by atoms with Crippen molar-refractivity contribution >= 4 is 40.4 Å². The Labute approximate surface area is 229 Å². The van der Waals surface area contributed by atoms with Gasteiger partial charge >= 0.3 is 0 Å². The van der Waals surface area contributed by atoms with Gasteiger partial charge in [-0.2, -0.15) is 0 Å². The molecule has 2 fully saturated rings. The Morgan fingerprint density at radius 2 is 2.03 bits per heavy atom. The van der Waals surface area contributed by atoms with Crippen LogP contribution in [-0.4, -0.2) is 40.5 Å². The lowest BCUT2D eigenvalue weighted by atomic mass is 9.78. The number of pyridine rings is 1. The van der Waals surface area contributed by atoms with E-state index in [0.29, 0.717) is 28.9 Å². The van der Waals surface area contributed by atoms with Crippen molar-refractivity contribution < 1.29 is 4.79 Å². The predicted molar refractivity (Wildman–Crippen MR) is 155 cm³/mol. The van der Waals surface area contributed by atoms with Crippen molar-refractivity contribution in [3.05, 3.63) is 77.7 Å². The summed E-state index contributed by atoms with van der Waals surface area (Å²) in [7, 11) is 0. The molecule has 0 aliphatic carbocycles. The van der Waals surface area contributed by atoms with E-state index in [1.807, 2.05) is 30.0 Å². The highest BCUT2D eigenvalue weighted by molar-refractivity contribution is 6.32. The normalized spacial score (nSPS) is 17.5. The zero-order valence-electron chi connectivity index (χ0n) is 21.9. The van der Waals surface area contributed by atoms with Crippen LogP contribution < -0.4 is 15.5 Å². The van der Waals surface area contributed by atoms with Gasteiger partial charge in [-0.25, -0.2) is 9.97 Å². The van der Waals surface area contributed by atoms with E-state index >= 15 is 0 Å². The SMILES string of the molecule is C/C=C(\C=C/CC)c1cccc(-c2nc(Nc3cncc(N4CCC5(CCNCC5)C4=O)c3)ncc2Cl)c1. The minimum atomic E-state index is -0.240. The Kier molecular flexibility index (Phi) is 7.86. The number of piperidine rings is 1. The molecule has 8 heteroatoms. The van der Waals surface area contributed by atoms with Gasteiger partial charge in [-0.05, 0) is 69.0 Å². The van der Waals surface area contributed by atoms with Crippen molar-refractivity contribution in [3.63, 3.8) is 0 Å². The summed E-state index contributed by atoms with van der Waals surface area (Å²) in [6.45, 7) is 6.65. The van der Waals surface area contributed by atoms with E-state index in [4.69, 9.17) is 16.6 Å². The van der Waals surface area contributed by atoms with Gasteiger partial charge in [0.2, 0.25) is 11.9 Å². The van der Waals surface area contributed by atoms with Crippen molar-refractivity contribution in [1.82, 2.24) is 20.3 Å². The number of aromatic nitrogens is 3. The average molecular weight is 529 g/mol. The Hall–Kier alpha value is -3.55. The number of nitrogens with zero attached hydrogens (tertiary/aromatic N) is 4. The molecule has 2 saturated heterocycles. The van der Waals surface area contributed by atoms with Crippen LogP contribution in [0.3, 0.4) is 0 Å². The first kappa shape index (κ1) is 26.1. The first-order valence-corrected chi connectivity index (χ1v) is 13.6. The number of carbonyl (C=O) groups excluding carboxylic acids is 1. The second kappa shape index (κ2) is 11.5. The number of rotatable bonds is 7. The summed E-state index contributed by atoms with van der Waals surface area (Å²) in [6, 6.07) is 10.1. The second-order valence-electron chi connectivity index (χ2n) is 9.82. The van der Waals surface area contributed by atoms with E-state index in [-0.39, 0.29) is 11.3 Å². The quantitative estimate of drug-likeness (QED) is 0.345. The van der Waals surface area contributed by atoms with Crippen LogP contribution in [0.5, 0.6) is 0 Å². The molecule has 7 nitrogen and oxygen atoms in total. The molecule has 0 unspecified atom stereocenters. The summed E-state index contributed by atoms with van der Waals surface area (Å²) in [5.74, 6) is 0.616. The molecule has 1 aromatic carbocycles. The molecule has 2 aliphatic rings. The molecule has 0 saturated carbocycles. The summed E-state index contributed by atoms with van der Waals surface area (Å²) >= 11 is 6.54. The van der Waals surface area contributed by atoms with Crippen LogP contribution in [0.1, 0.15) is 45.1 Å². The number of halogens is 1. The van der Waals surface area contributed by atoms with Gasteiger partial charge in [0.25, 0.3) is 0 Å². The minimum absolute atomic E-state index is 0.206. The van der Waals surface area contributed by atoms with Crippen LogP contribution in [0, 0.1) is 5.41 Å². The largest absolute Gasteiger partial charge is 0.323 e. The number of anilines is 3. The standard InChI is InChI=1S/C30H33ClN6O/c1-3-5-7-21(4-2)22-8-6-9-23(16-22)27-26(31)20-34-29(36-27)35-24-17-25(19-33-18-24)37-15-12-30(28(37)38)10-13-32-14-11-30/h4-9,16-20,32H,3,10-15H2,1-2H3,(H,34,35,36)/b7-5-,21-4+. The molecule has 1 spiro atoms. The summed E-state index contributed by atoms with van der Waals surface area (Å²) in [5, 5.41) is 7.09. The van der Waals surface area contributed by atoms with Gasteiger partial charge in [0.1, 0.15) is 0 Å². The molecule has 4 heterocycles. The number of hydrogen-bond donors (Lipinski definition) is 2. The van der Waals surface area contributed by atoms with Crippen molar-refractivity contribution in [3.8, 4) is 11.3 Å². The van der Waals surface area contributed by atoms with Crippen LogP contribution >= 0.6 is 11.6 Å². The van der Waals surface area contributed by atoms with Crippen LogP contribution in [-0.2, 0) is 4.79 Å². The molecule has 1 amide bonds. The van der Waals surface area contributed by atoms with Gasteiger partial charge in [-0.3, -0.25) is 9.78 Å². The number of nitrogens with one attached hydrogen (secondary N) is 2. The third kappa shape index (κ3) is 5.35. The lowest BCUT2D eigenvalue weighted by Gasteiger charge is -2.32. The Morgan fingerprint density at radius 1 is 1.18 bits per heavy atom. The molecule has 2 aliphatic heterocycles. The highest BCUT2D eigenvalue weighted by Crippen LogP contribution is 2.42. The lowest BCUT2D eigenvalue weighted by Crippen LogP contribution is -2.42. The number of allylic oxidation sites excluding steroid dienone is 4. The van der Waals surface area contributed by atoms with Crippen molar-refractivity contribution in [2.75, 3.05) is 29.9 Å². The fourth-order valence-electron chi connectivity index (χ4n) is 5.29. The van der Waals surface area contributed by atoms with Gasteiger partial charge in [0.05, 0.1) is 46.1 Å². The number of hydrogen-bond acceptors (Lipinski definition) is 6. The molecular formula is C30H33ClN6O. The topological polar surface area (TPSA) is 83.0 Å². The number of carbonyl (C=O) groups is 1. The Bertz CT molecular complexity index is 1380. The third-order valence-corrected chi connectivity index (χ3v) is 7.70. The van der Waals surface area contributed by atoms with E-state index < -0.39 is 0 Å². The second-order valence-corrected chi connectivity index (χ2v) is 10.2. The van der Waals surface area contributed by atoms with E-state index in [1.165, 1.54) is 0 Å².